The number of aryl methyl sites for hydroxylation is 2. The average Bonchev–Trinajstić information content (AvgIpc) is 2.57. The van der Waals surface area contributed by atoms with Crippen molar-refractivity contribution in [2.75, 3.05) is 5.88 Å². The zero-order valence-corrected chi connectivity index (χ0v) is 12.9. The van der Waals surface area contributed by atoms with Crippen LogP contribution in [0.2, 0.25) is 0 Å². The zero-order chi connectivity index (χ0) is 12.5. The summed E-state index contributed by atoms with van der Waals surface area (Å²) in [5, 5.41) is 4.47. The summed E-state index contributed by atoms with van der Waals surface area (Å²) in [6, 6.07) is 0. The van der Waals surface area contributed by atoms with Crippen molar-refractivity contribution in [1.29, 1.82) is 0 Å². The zero-order valence-electron chi connectivity index (χ0n) is 10.6. The molecule has 1 aromatic rings. The van der Waals surface area contributed by atoms with E-state index in [9.17, 15) is 0 Å². The molecule has 4 heteroatoms. The summed E-state index contributed by atoms with van der Waals surface area (Å²) in [7, 11) is 2.03. The summed E-state index contributed by atoms with van der Waals surface area (Å²) >= 11 is 9.91. The van der Waals surface area contributed by atoms with Gasteiger partial charge in [0.25, 0.3) is 0 Å². The van der Waals surface area contributed by atoms with E-state index in [4.69, 9.17) is 11.6 Å². The predicted molar refractivity (Wildman–Crippen MR) is 75.6 cm³/mol. The van der Waals surface area contributed by atoms with Crippen LogP contribution in [0.15, 0.2) is 4.47 Å². The van der Waals surface area contributed by atoms with Gasteiger partial charge in [-0.1, -0.05) is 19.3 Å². The Morgan fingerprint density at radius 2 is 2.00 bits per heavy atom. The van der Waals surface area contributed by atoms with Crippen LogP contribution in [0.25, 0.3) is 0 Å². The molecule has 2 nitrogen and oxygen atoms in total. The van der Waals surface area contributed by atoms with Crippen LogP contribution >= 0.6 is 27.5 Å². The fraction of sp³-hybridized carbons (Fsp3) is 0.769. The molecule has 0 radical (unpaired) electrons. The molecule has 0 N–H and O–H groups in total. The van der Waals surface area contributed by atoms with Gasteiger partial charge in [-0.05, 0) is 47.5 Å². The molecule has 1 aromatic heterocycles. The van der Waals surface area contributed by atoms with Crippen LogP contribution in [0.5, 0.6) is 0 Å². The minimum Gasteiger partial charge on any atom is -0.271 e. The van der Waals surface area contributed by atoms with Crippen molar-refractivity contribution in [3.8, 4) is 0 Å². The molecule has 1 heterocycles. The lowest BCUT2D eigenvalue weighted by Crippen LogP contribution is -2.29. The Morgan fingerprint density at radius 1 is 1.35 bits per heavy atom. The van der Waals surface area contributed by atoms with Gasteiger partial charge >= 0.3 is 0 Å². The quantitative estimate of drug-likeness (QED) is 0.763. The molecule has 0 aromatic carbocycles. The molecular weight excluding hydrogens is 300 g/mol. The van der Waals surface area contributed by atoms with E-state index in [0.717, 1.165) is 22.5 Å². The van der Waals surface area contributed by atoms with Gasteiger partial charge in [0.2, 0.25) is 0 Å². The van der Waals surface area contributed by atoms with Gasteiger partial charge in [0.1, 0.15) is 0 Å². The van der Waals surface area contributed by atoms with Gasteiger partial charge < -0.3 is 0 Å². The molecule has 1 aliphatic carbocycles. The maximum Gasteiger partial charge on any atom is 0.0738 e. The van der Waals surface area contributed by atoms with Crippen LogP contribution in [0.4, 0.5) is 0 Å². The van der Waals surface area contributed by atoms with Gasteiger partial charge in [-0.2, -0.15) is 5.10 Å². The first kappa shape index (κ1) is 13.4. The highest BCUT2D eigenvalue weighted by Crippen LogP contribution is 2.41. The summed E-state index contributed by atoms with van der Waals surface area (Å²) in [6.07, 6.45) is 7.57. The number of hydrogen-bond acceptors (Lipinski definition) is 1. The second-order valence-corrected chi connectivity index (χ2v) is 6.40. The highest BCUT2D eigenvalue weighted by molar-refractivity contribution is 9.10. The molecule has 0 saturated heterocycles. The van der Waals surface area contributed by atoms with Gasteiger partial charge in [-0.25, -0.2) is 0 Å². The van der Waals surface area contributed by atoms with E-state index in [1.807, 2.05) is 18.7 Å². The number of rotatable bonds is 3. The maximum atomic E-state index is 6.25. The lowest BCUT2D eigenvalue weighted by molar-refractivity contribution is 0.215. The Balaban J connectivity index is 2.23. The van der Waals surface area contributed by atoms with E-state index in [0.29, 0.717) is 5.41 Å². The standard InChI is InChI=1S/C13H20BrClN2/c1-10-12(14)11(17(2)16-10)8-13(9-15)6-4-3-5-7-13/h3-9H2,1-2H3. The van der Waals surface area contributed by atoms with Crippen molar-refractivity contribution in [2.45, 2.75) is 45.4 Å². The second-order valence-electron chi connectivity index (χ2n) is 5.34. The minimum atomic E-state index is 0.294. The molecule has 1 fully saturated rings. The van der Waals surface area contributed by atoms with Gasteiger partial charge in [0.05, 0.1) is 15.9 Å². The largest absolute Gasteiger partial charge is 0.271 e. The summed E-state index contributed by atoms with van der Waals surface area (Å²) in [6.45, 7) is 2.04. The summed E-state index contributed by atoms with van der Waals surface area (Å²) in [5.41, 5.74) is 2.66. The first-order valence-corrected chi connectivity index (χ1v) is 7.65. The molecule has 1 aliphatic rings. The molecule has 0 amide bonds. The summed E-state index contributed by atoms with van der Waals surface area (Å²) in [4.78, 5) is 0. The van der Waals surface area contributed by atoms with Crippen LogP contribution < -0.4 is 0 Å². The lowest BCUT2D eigenvalue weighted by Gasteiger charge is -2.35. The maximum absolute atomic E-state index is 6.25. The van der Waals surface area contributed by atoms with E-state index >= 15 is 0 Å². The SMILES string of the molecule is Cc1nn(C)c(CC2(CCl)CCCCC2)c1Br. The molecule has 2 rings (SSSR count). The molecule has 0 aliphatic heterocycles. The Kier molecular flexibility index (Phi) is 4.19. The predicted octanol–water partition coefficient (Wildman–Crippen LogP) is 4.22. The van der Waals surface area contributed by atoms with Crippen molar-refractivity contribution in [3.05, 3.63) is 15.9 Å². The Hall–Kier alpha value is -0.0200. The summed E-state index contributed by atoms with van der Waals surface area (Å²) in [5.74, 6) is 0.768. The fourth-order valence-corrected chi connectivity index (χ4v) is 3.72. The van der Waals surface area contributed by atoms with Gasteiger partial charge in [-0.3, -0.25) is 4.68 Å². The highest BCUT2D eigenvalue weighted by Gasteiger charge is 2.33. The normalized spacial score (nSPS) is 19.5. The van der Waals surface area contributed by atoms with Crippen LogP contribution in [-0.2, 0) is 13.5 Å². The molecule has 0 atom stereocenters. The van der Waals surface area contributed by atoms with Crippen LogP contribution in [0.1, 0.15) is 43.5 Å². The van der Waals surface area contributed by atoms with Crippen molar-refractivity contribution in [3.63, 3.8) is 0 Å². The fourth-order valence-electron chi connectivity index (χ4n) is 2.89. The molecule has 0 bridgehead atoms. The van der Waals surface area contributed by atoms with E-state index in [-0.39, 0.29) is 0 Å². The summed E-state index contributed by atoms with van der Waals surface area (Å²) < 4.78 is 3.16. The molecule has 1 saturated carbocycles. The third kappa shape index (κ3) is 2.70. The Bertz CT molecular complexity index is 394. The first-order valence-electron chi connectivity index (χ1n) is 6.32. The first-order chi connectivity index (χ1) is 8.08. The number of halogens is 2. The van der Waals surface area contributed by atoms with Crippen LogP contribution in [-0.4, -0.2) is 15.7 Å². The molecule has 0 spiro atoms. The average molecular weight is 320 g/mol. The van der Waals surface area contributed by atoms with Crippen LogP contribution in [0.3, 0.4) is 0 Å². The molecule has 17 heavy (non-hydrogen) atoms. The highest BCUT2D eigenvalue weighted by atomic mass is 79.9. The third-order valence-corrected chi connectivity index (χ3v) is 5.60. The Labute approximate surface area is 117 Å². The molecule has 96 valence electrons. The van der Waals surface area contributed by atoms with Crippen molar-refractivity contribution in [1.82, 2.24) is 9.78 Å². The van der Waals surface area contributed by atoms with Crippen molar-refractivity contribution in [2.24, 2.45) is 12.5 Å². The number of hydrogen-bond donors (Lipinski definition) is 0. The molecular formula is C13H20BrClN2. The Morgan fingerprint density at radius 3 is 2.47 bits per heavy atom. The monoisotopic (exact) mass is 318 g/mol. The van der Waals surface area contributed by atoms with Gasteiger partial charge in [0, 0.05) is 12.9 Å². The van der Waals surface area contributed by atoms with E-state index in [1.165, 1.54) is 37.8 Å². The van der Waals surface area contributed by atoms with E-state index < -0.39 is 0 Å². The second kappa shape index (κ2) is 5.31. The van der Waals surface area contributed by atoms with Crippen molar-refractivity contribution < 1.29 is 0 Å². The lowest BCUT2D eigenvalue weighted by atomic mass is 9.72. The minimum absolute atomic E-state index is 0.294. The van der Waals surface area contributed by atoms with Gasteiger partial charge in [-0.15, -0.1) is 11.6 Å². The number of nitrogens with zero attached hydrogens (tertiary/aromatic N) is 2. The van der Waals surface area contributed by atoms with E-state index in [2.05, 4.69) is 21.0 Å². The smallest absolute Gasteiger partial charge is 0.0738 e. The number of aromatic nitrogens is 2. The topological polar surface area (TPSA) is 17.8 Å². The third-order valence-electron chi connectivity index (χ3n) is 4.00. The van der Waals surface area contributed by atoms with Crippen molar-refractivity contribution >= 4 is 27.5 Å². The van der Waals surface area contributed by atoms with Crippen LogP contribution in [0, 0.1) is 12.3 Å². The van der Waals surface area contributed by atoms with Gasteiger partial charge in [0.15, 0.2) is 0 Å². The van der Waals surface area contributed by atoms with E-state index in [1.54, 1.807) is 0 Å². The molecule has 0 unspecified atom stereocenters. The number of alkyl halides is 1.